The van der Waals surface area contributed by atoms with Crippen LogP contribution in [0.5, 0.6) is 0 Å². The molecule has 1 aromatic heterocycles. The van der Waals surface area contributed by atoms with Crippen LogP contribution in [-0.2, 0) is 4.74 Å². The number of anilines is 1. The van der Waals surface area contributed by atoms with E-state index in [1.807, 2.05) is 4.90 Å². The number of H-pyrrole nitrogens is 1. The molecule has 2 fully saturated rings. The second-order valence-electron chi connectivity index (χ2n) is 6.54. The van der Waals surface area contributed by atoms with Gasteiger partial charge in [-0.05, 0) is 32.1 Å². The Morgan fingerprint density at radius 2 is 2.12 bits per heavy atom. The lowest BCUT2D eigenvalue weighted by atomic mass is 9.98. The molecule has 1 saturated carbocycles. The second-order valence-corrected chi connectivity index (χ2v) is 6.92. The van der Waals surface area contributed by atoms with Gasteiger partial charge >= 0.3 is 6.09 Å². The first-order valence-electron chi connectivity index (χ1n) is 8.48. The van der Waals surface area contributed by atoms with Crippen LogP contribution >= 0.6 is 11.6 Å². The van der Waals surface area contributed by atoms with Crippen LogP contribution in [0.2, 0.25) is 5.02 Å². The summed E-state index contributed by atoms with van der Waals surface area (Å²) >= 11 is 6.06. The van der Waals surface area contributed by atoms with Crippen molar-refractivity contribution in [1.82, 2.24) is 15.1 Å². The van der Waals surface area contributed by atoms with E-state index in [9.17, 15) is 9.59 Å². The van der Waals surface area contributed by atoms with Gasteiger partial charge in [-0.15, -0.1) is 0 Å². The molecule has 0 spiro atoms. The third-order valence-corrected chi connectivity index (χ3v) is 5.30. The number of amides is 1. The molecule has 0 radical (unpaired) electrons. The van der Waals surface area contributed by atoms with Gasteiger partial charge in [-0.2, -0.15) is 5.10 Å². The lowest BCUT2D eigenvalue weighted by Crippen LogP contribution is -2.41. The van der Waals surface area contributed by atoms with Crippen LogP contribution in [-0.4, -0.2) is 53.5 Å². The molecule has 2 aliphatic rings. The van der Waals surface area contributed by atoms with Crippen molar-refractivity contribution in [2.24, 2.45) is 0 Å². The molecule has 1 N–H and O–H groups in total. The van der Waals surface area contributed by atoms with Gasteiger partial charge in [-0.3, -0.25) is 4.79 Å². The molecule has 24 heavy (non-hydrogen) atoms. The van der Waals surface area contributed by atoms with Crippen molar-refractivity contribution < 1.29 is 9.53 Å². The minimum absolute atomic E-state index is 0.0384. The van der Waals surface area contributed by atoms with E-state index in [1.54, 1.807) is 18.1 Å². The number of carbonyl (C=O) groups excluding carboxylic acids is 1. The first kappa shape index (κ1) is 17.1. The van der Waals surface area contributed by atoms with Crippen LogP contribution in [0.15, 0.2) is 11.0 Å². The number of nitrogens with zero attached hydrogens (tertiary/aromatic N) is 3. The van der Waals surface area contributed by atoms with E-state index in [1.165, 1.54) is 6.42 Å². The van der Waals surface area contributed by atoms with Gasteiger partial charge in [0.25, 0.3) is 5.56 Å². The number of hydrogen-bond donors (Lipinski definition) is 1. The summed E-state index contributed by atoms with van der Waals surface area (Å²) in [6, 6.07) is 0.0384. The van der Waals surface area contributed by atoms with E-state index in [-0.39, 0.29) is 23.3 Å². The lowest BCUT2D eigenvalue weighted by molar-refractivity contribution is 0.0444. The van der Waals surface area contributed by atoms with E-state index in [0.717, 1.165) is 38.6 Å². The molecule has 1 aromatic rings. The number of carbonyl (C=O) groups is 1. The summed E-state index contributed by atoms with van der Waals surface area (Å²) in [6.07, 6.45) is 7.56. The summed E-state index contributed by atoms with van der Waals surface area (Å²) < 4.78 is 5.62. The highest BCUT2D eigenvalue weighted by Crippen LogP contribution is 2.27. The molecular formula is C16H23ClN4O3. The normalized spacial score (nSPS) is 21.8. The van der Waals surface area contributed by atoms with Gasteiger partial charge < -0.3 is 14.5 Å². The Morgan fingerprint density at radius 3 is 2.88 bits per heavy atom. The van der Waals surface area contributed by atoms with E-state index in [0.29, 0.717) is 12.2 Å². The standard InChI is InChI=1S/C16H23ClN4O3/c1-20(16(23)24-12-5-3-2-4-6-12)11-7-8-21(10-11)13-9-18-19-15(22)14(13)17/h9,11-12H,2-8,10H2,1H3,(H,19,22). The molecule has 7 nitrogen and oxygen atoms in total. The zero-order chi connectivity index (χ0) is 17.1. The molecular weight excluding hydrogens is 332 g/mol. The first-order valence-corrected chi connectivity index (χ1v) is 8.85. The molecule has 1 saturated heterocycles. The summed E-state index contributed by atoms with van der Waals surface area (Å²) in [5, 5.41) is 6.25. The Hall–Kier alpha value is -1.76. The Morgan fingerprint density at radius 1 is 1.38 bits per heavy atom. The summed E-state index contributed by atoms with van der Waals surface area (Å²) in [6.45, 7) is 1.33. The van der Waals surface area contributed by atoms with Crippen LogP contribution in [0.25, 0.3) is 0 Å². The van der Waals surface area contributed by atoms with Crippen LogP contribution in [0.4, 0.5) is 10.5 Å². The number of likely N-dealkylation sites (N-methyl/N-ethyl adjacent to an activating group) is 1. The van der Waals surface area contributed by atoms with Gasteiger partial charge in [-0.1, -0.05) is 18.0 Å². The molecule has 8 heteroatoms. The largest absolute Gasteiger partial charge is 0.446 e. The number of halogens is 1. The second kappa shape index (κ2) is 7.42. The van der Waals surface area contributed by atoms with Crippen LogP contribution in [0, 0.1) is 0 Å². The predicted octanol–water partition coefficient (Wildman–Crippen LogP) is 2.40. The van der Waals surface area contributed by atoms with Crippen LogP contribution in [0.1, 0.15) is 38.5 Å². The summed E-state index contributed by atoms with van der Waals surface area (Å²) in [7, 11) is 1.77. The van der Waals surface area contributed by atoms with Gasteiger partial charge in [-0.25, -0.2) is 9.89 Å². The van der Waals surface area contributed by atoms with Crippen molar-refractivity contribution in [3.05, 3.63) is 21.6 Å². The van der Waals surface area contributed by atoms with Crippen molar-refractivity contribution >= 4 is 23.4 Å². The highest BCUT2D eigenvalue weighted by molar-refractivity contribution is 6.33. The highest BCUT2D eigenvalue weighted by Gasteiger charge is 2.31. The van der Waals surface area contributed by atoms with Crippen molar-refractivity contribution in [2.45, 2.75) is 50.7 Å². The fourth-order valence-electron chi connectivity index (χ4n) is 3.43. The van der Waals surface area contributed by atoms with Crippen molar-refractivity contribution in [3.63, 3.8) is 0 Å². The number of aromatic amines is 1. The third kappa shape index (κ3) is 3.66. The summed E-state index contributed by atoms with van der Waals surface area (Å²) in [5.41, 5.74) is 0.208. The van der Waals surface area contributed by atoms with Gasteiger partial charge in [0.1, 0.15) is 11.1 Å². The number of rotatable bonds is 3. The van der Waals surface area contributed by atoms with E-state index in [2.05, 4.69) is 10.2 Å². The molecule has 132 valence electrons. The van der Waals surface area contributed by atoms with Gasteiger partial charge in [0.05, 0.1) is 17.9 Å². The van der Waals surface area contributed by atoms with Crippen LogP contribution in [0.3, 0.4) is 0 Å². The molecule has 3 rings (SSSR count). The Labute approximate surface area is 145 Å². The Kier molecular flexibility index (Phi) is 5.28. The smallest absolute Gasteiger partial charge is 0.410 e. The Balaban J connectivity index is 1.59. The maximum absolute atomic E-state index is 12.4. The SMILES string of the molecule is CN(C(=O)OC1CCCCC1)C1CCN(c2cn[nH]c(=O)c2Cl)C1. The fourth-order valence-corrected chi connectivity index (χ4v) is 3.64. The zero-order valence-corrected chi connectivity index (χ0v) is 14.6. The maximum Gasteiger partial charge on any atom is 0.410 e. The zero-order valence-electron chi connectivity index (χ0n) is 13.8. The average molecular weight is 355 g/mol. The first-order chi connectivity index (χ1) is 11.6. The maximum atomic E-state index is 12.4. The Bertz CT molecular complexity index is 644. The minimum atomic E-state index is -0.400. The van der Waals surface area contributed by atoms with Crippen molar-refractivity contribution in [2.75, 3.05) is 25.0 Å². The topological polar surface area (TPSA) is 78.5 Å². The predicted molar refractivity (Wildman–Crippen MR) is 91.6 cm³/mol. The average Bonchev–Trinajstić information content (AvgIpc) is 3.07. The number of aromatic nitrogens is 2. The van der Waals surface area contributed by atoms with E-state index in [4.69, 9.17) is 16.3 Å². The van der Waals surface area contributed by atoms with Crippen molar-refractivity contribution in [3.8, 4) is 0 Å². The number of hydrogen-bond acceptors (Lipinski definition) is 5. The molecule has 0 aromatic carbocycles. The molecule has 1 aliphatic carbocycles. The summed E-state index contributed by atoms with van der Waals surface area (Å²) in [4.78, 5) is 27.6. The molecule has 2 heterocycles. The summed E-state index contributed by atoms with van der Waals surface area (Å²) in [5.74, 6) is 0. The van der Waals surface area contributed by atoms with E-state index >= 15 is 0 Å². The lowest BCUT2D eigenvalue weighted by Gasteiger charge is -2.28. The molecule has 0 bridgehead atoms. The van der Waals surface area contributed by atoms with Gasteiger partial charge in [0.2, 0.25) is 0 Å². The van der Waals surface area contributed by atoms with E-state index < -0.39 is 5.56 Å². The molecule has 1 aliphatic heterocycles. The fraction of sp³-hybridized carbons (Fsp3) is 0.688. The minimum Gasteiger partial charge on any atom is -0.446 e. The monoisotopic (exact) mass is 354 g/mol. The van der Waals surface area contributed by atoms with Gasteiger partial charge in [0, 0.05) is 20.1 Å². The highest BCUT2D eigenvalue weighted by atomic mass is 35.5. The molecule has 1 atom stereocenters. The van der Waals surface area contributed by atoms with Crippen molar-refractivity contribution in [1.29, 1.82) is 0 Å². The van der Waals surface area contributed by atoms with Gasteiger partial charge in [0.15, 0.2) is 0 Å². The van der Waals surface area contributed by atoms with Crippen LogP contribution < -0.4 is 10.5 Å². The number of nitrogens with one attached hydrogen (secondary N) is 1. The quantitative estimate of drug-likeness (QED) is 0.901. The molecule has 1 amide bonds. The molecule has 1 unspecified atom stereocenters. The third-order valence-electron chi connectivity index (χ3n) is 4.94. The number of ether oxygens (including phenoxy) is 1.